The van der Waals surface area contributed by atoms with Gasteiger partial charge >= 0.3 is 0 Å². The Morgan fingerprint density at radius 1 is 1.15 bits per heavy atom. The van der Waals surface area contributed by atoms with Crippen LogP contribution in [-0.2, 0) is 22.6 Å². The van der Waals surface area contributed by atoms with Gasteiger partial charge in [-0.1, -0.05) is 24.3 Å². The van der Waals surface area contributed by atoms with Gasteiger partial charge in [0.25, 0.3) is 0 Å². The molecule has 0 N–H and O–H groups in total. The van der Waals surface area contributed by atoms with Gasteiger partial charge in [0.05, 0.1) is 19.3 Å². The number of likely N-dealkylation sites (tertiary alicyclic amines) is 1. The van der Waals surface area contributed by atoms with Crippen molar-refractivity contribution >= 4 is 5.91 Å². The quantitative estimate of drug-likeness (QED) is 0.834. The van der Waals surface area contributed by atoms with Crippen molar-refractivity contribution in [3.63, 3.8) is 0 Å². The number of hydrogen-bond acceptors (Lipinski definition) is 4. The molecule has 0 saturated carbocycles. The first-order valence-corrected chi connectivity index (χ1v) is 9.79. The number of piperidine rings is 1. The van der Waals surface area contributed by atoms with Gasteiger partial charge in [0, 0.05) is 31.4 Å². The molecule has 3 heterocycles. The number of carbonyl (C=O) groups is 1. The zero-order valence-electron chi connectivity index (χ0n) is 15.5. The molecule has 142 valence electrons. The second-order valence-corrected chi connectivity index (χ2v) is 7.34. The van der Waals surface area contributed by atoms with E-state index < -0.39 is 0 Å². The lowest BCUT2D eigenvalue weighted by Crippen LogP contribution is -2.44. The predicted octanol–water partition coefficient (Wildman–Crippen LogP) is 3.23. The van der Waals surface area contributed by atoms with E-state index in [2.05, 4.69) is 11.1 Å². The third-order valence-corrected chi connectivity index (χ3v) is 5.47. The maximum Gasteiger partial charge on any atom is 0.226 e. The Morgan fingerprint density at radius 2 is 2.00 bits per heavy atom. The molecule has 0 bridgehead atoms. The van der Waals surface area contributed by atoms with Crippen LogP contribution in [0.25, 0.3) is 0 Å². The second-order valence-electron chi connectivity index (χ2n) is 7.34. The minimum absolute atomic E-state index is 0.0153. The van der Waals surface area contributed by atoms with Gasteiger partial charge in [-0.15, -0.1) is 0 Å². The Morgan fingerprint density at radius 3 is 2.81 bits per heavy atom. The van der Waals surface area contributed by atoms with E-state index in [4.69, 9.17) is 9.47 Å². The Bertz CT molecular complexity index is 757. The summed E-state index contributed by atoms with van der Waals surface area (Å²) in [5, 5.41) is 0. The molecule has 2 aliphatic heterocycles. The van der Waals surface area contributed by atoms with E-state index in [9.17, 15) is 4.79 Å². The predicted molar refractivity (Wildman–Crippen MR) is 102 cm³/mol. The maximum atomic E-state index is 13.0. The summed E-state index contributed by atoms with van der Waals surface area (Å²) in [7, 11) is 0. The molecule has 5 nitrogen and oxygen atoms in total. The van der Waals surface area contributed by atoms with E-state index in [0.717, 1.165) is 55.6 Å². The average molecular weight is 366 g/mol. The minimum atomic E-state index is 0.0153. The third kappa shape index (κ3) is 4.48. The van der Waals surface area contributed by atoms with Gasteiger partial charge in [-0.25, -0.2) is 0 Å². The van der Waals surface area contributed by atoms with Crippen molar-refractivity contribution in [3.05, 3.63) is 59.9 Å². The molecule has 0 spiro atoms. The number of pyridine rings is 1. The largest absolute Gasteiger partial charge is 0.493 e. The van der Waals surface area contributed by atoms with Crippen molar-refractivity contribution in [1.29, 1.82) is 0 Å². The lowest BCUT2D eigenvalue weighted by Gasteiger charge is -2.34. The summed E-state index contributed by atoms with van der Waals surface area (Å²) in [5.74, 6) is 1.21. The fourth-order valence-electron chi connectivity index (χ4n) is 3.90. The summed E-state index contributed by atoms with van der Waals surface area (Å²) in [5.41, 5.74) is 2.23. The number of nitrogens with zero attached hydrogens (tertiary/aromatic N) is 2. The van der Waals surface area contributed by atoms with Crippen molar-refractivity contribution in [3.8, 4) is 5.75 Å². The molecule has 1 aromatic carbocycles. The van der Waals surface area contributed by atoms with Gasteiger partial charge in [-0.2, -0.15) is 0 Å². The second kappa shape index (κ2) is 8.53. The molecule has 1 atom stereocenters. The zero-order valence-corrected chi connectivity index (χ0v) is 15.5. The molecule has 4 rings (SSSR count). The maximum absolute atomic E-state index is 13.0. The number of rotatable bonds is 4. The van der Waals surface area contributed by atoms with Crippen molar-refractivity contribution in [2.24, 2.45) is 5.92 Å². The fourth-order valence-corrected chi connectivity index (χ4v) is 3.90. The molecule has 2 aliphatic rings. The highest BCUT2D eigenvalue weighted by atomic mass is 16.5. The third-order valence-electron chi connectivity index (χ3n) is 5.47. The zero-order chi connectivity index (χ0) is 18.5. The summed E-state index contributed by atoms with van der Waals surface area (Å²) in [6, 6.07) is 12.0. The van der Waals surface area contributed by atoms with Gasteiger partial charge < -0.3 is 14.4 Å². The van der Waals surface area contributed by atoms with E-state index in [0.29, 0.717) is 13.2 Å². The van der Waals surface area contributed by atoms with Crippen LogP contribution in [0.3, 0.4) is 0 Å². The molecule has 5 heteroatoms. The molecular formula is C22H26N2O3. The summed E-state index contributed by atoms with van der Waals surface area (Å²) >= 11 is 0. The topological polar surface area (TPSA) is 51.7 Å². The van der Waals surface area contributed by atoms with Crippen LogP contribution < -0.4 is 4.74 Å². The van der Waals surface area contributed by atoms with Crippen molar-refractivity contribution in [1.82, 2.24) is 9.88 Å². The first-order valence-electron chi connectivity index (χ1n) is 9.79. The summed E-state index contributed by atoms with van der Waals surface area (Å²) in [4.78, 5) is 19.2. The summed E-state index contributed by atoms with van der Waals surface area (Å²) in [6.07, 6.45) is 7.16. The summed E-state index contributed by atoms with van der Waals surface area (Å²) in [6.45, 7) is 2.74. The van der Waals surface area contributed by atoms with E-state index in [1.807, 2.05) is 41.4 Å². The number of ether oxygens (including phenoxy) is 2. The normalized spacial score (nSPS) is 20.4. The van der Waals surface area contributed by atoms with Crippen molar-refractivity contribution in [2.45, 2.75) is 38.4 Å². The van der Waals surface area contributed by atoms with E-state index >= 15 is 0 Å². The van der Waals surface area contributed by atoms with Crippen LogP contribution in [0.15, 0.2) is 48.8 Å². The molecular weight excluding hydrogens is 340 g/mol. The molecule has 27 heavy (non-hydrogen) atoms. The smallest absolute Gasteiger partial charge is 0.226 e. The Kier molecular flexibility index (Phi) is 5.68. The van der Waals surface area contributed by atoms with Crippen LogP contribution in [0, 0.1) is 5.92 Å². The molecule has 1 saturated heterocycles. The Balaban J connectivity index is 1.28. The molecule has 0 radical (unpaired) electrons. The number of fused-ring (bicyclic) bond motifs is 1. The molecule has 1 aromatic heterocycles. The van der Waals surface area contributed by atoms with Gasteiger partial charge in [0.15, 0.2) is 0 Å². The molecule has 1 amide bonds. The number of amides is 1. The lowest BCUT2D eigenvalue weighted by molar-refractivity contribution is -0.138. The highest BCUT2D eigenvalue weighted by molar-refractivity contribution is 5.79. The van der Waals surface area contributed by atoms with Gasteiger partial charge in [-0.3, -0.25) is 9.78 Å². The van der Waals surface area contributed by atoms with Crippen molar-refractivity contribution in [2.75, 3.05) is 19.7 Å². The monoisotopic (exact) mass is 366 g/mol. The van der Waals surface area contributed by atoms with Crippen LogP contribution in [0.4, 0.5) is 0 Å². The van der Waals surface area contributed by atoms with E-state index in [-0.39, 0.29) is 17.9 Å². The molecule has 2 aromatic rings. The molecule has 0 aliphatic carbocycles. The Labute approximate surface area is 160 Å². The van der Waals surface area contributed by atoms with Gasteiger partial charge in [-0.05, 0) is 48.9 Å². The summed E-state index contributed by atoms with van der Waals surface area (Å²) < 4.78 is 11.8. The van der Waals surface area contributed by atoms with Crippen LogP contribution in [-0.4, -0.2) is 41.6 Å². The standard InChI is InChI=1S/C22H26N2O3/c25-22(19-9-13-26-21-6-2-1-5-18(21)14-19)24-11-7-20(8-12-24)27-16-17-4-3-10-23-15-17/h1-6,10,15,19-20H,7-9,11-14,16H2. The lowest BCUT2D eigenvalue weighted by atomic mass is 9.94. The average Bonchev–Trinajstić information content (AvgIpc) is 2.95. The van der Waals surface area contributed by atoms with Crippen LogP contribution in [0.1, 0.15) is 30.4 Å². The molecule has 1 unspecified atom stereocenters. The number of hydrogen-bond donors (Lipinski definition) is 0. The van der Waals surface area contributed by atoms with Gasteiger partial charge in [0.2, 0.25) is 5.91 Å². The van der Waals surface area contributed by atoms with Crippen LogP contribution >= 0.6 is 0 Å². The van der Waals surface area contributed by atoms with E-state index in [1.54, 1.807) is 6.20 Å². The number of carbonyl (C=O) groups excluding carboxylic acids is 1. The highest BCUT2D eigenvalue weighted by Gasteiger charge is 2.30. The van der Waals surface area contributed by atoms with E-state index in [1.165, 1.54) is 0 Å². The van der Waals surface area contributed by atoms with Gasteiger partial charge in [0.1, 0.15) is 5.75 Å². The first kappa shape index (κ1) is 18.0. The fraction of sp³-hybridized carbons (Fsp3) is 0.455. The highest BCUT2D eigenvalue weighted by Crippen LogP contribution is 2.28. The SMILES string of the molecule is O=C(C1CCOc2ccccc2C1)N1CCC(OCc2cccnc2)CC1. The molecule has 1 fully saturated rings. The Hall–Kier alpha value is -2.40. The first-order chi connectivity index (χ1) is 13.3. The van der Waals surface area contributed by atoms with Crippen molar-refractivity contribution < 1.29 is 14.3 Å². The number of aromatic nitrogens is 1. The number of para-hydroxylation sites is 1. The van der Waals surface area contributed by atoms with Crippen LogP contribution in [0.5, 0.6) is 5.75 Å². The minimum Gasteiger partial charge on any atom is -0.493 e. The van der Waals surface area contributed by atoms with Crippen LogP contribution in [0.2, 0.25) is 0 Å². The number of benzene rings is 1.